The third kappa shape index (κ3) is 3.14. The van der Waals surface area contributed by atoms with E-state index in [2.05, 4.69) is 27.3 Å². The molecule has 2 aromatic rings. The van der Waals surface area contributed by atoms with E-state index in [0.717, 1.165) is 45.9 Å². The van der Waals surface area contributed by atoms with Crippen molar-refractivity contribution in [2.45, 2.75) is 13.1 Å². The number of hydrogen-bond donors (Lipinski definition) is 1. The number of methoxy groups -OCH3 is 1. The third-order valence-electron chi connectivity index (χ3n) is 3.37. The molecule has 1 aliphatic heterocycles. The van der Waals surface area contributed by atoms with Crippen molar-refractivity contribution in [3.05, 3.63) is 52.0 Å². The van der Waals surface area contributed by atoms with Crippen molar-refractivity contribution in [3.8, 4) is 17.2 Å². The van der Waals surface area contributed by atoms with Gasteiger partial charge in [-0.1, -0.05) is 34.1 Å². The first-order chi connectivity index (χ1) is 10.3. The molecular formula is C16H16BrNO3. The molecule has 0 atom stereocenters. The Morgan fingerprint density at radius 2 is 1.81 bits per heavy atom. The molecule has 2 aromatic carbocycles. The summed E-state index contributed by atoms with van der Waals surface area (Å²) in [6.45, 7) is 1.76. The maximum atomic E-state index is 5.40. The fraction of sp³-hybridized carbons (Fsp3) is 0.250. The molecule has 0 spiro atoms. The molecule has 4 nitrogen and oxygen atoms in total. The summed E-state index contributed by atoms with van der Waals surface area (Å²) in [7, 11) is 1.69. The maximum Gasteiger partial charge on any atom is 0.231 e. The predicted molar refractivity (Wildman–Crippen MR) is 83.8 cm³/mol. The van der Waals surface area contributed by atoms with E-state index < -0.39 is 0 Å². The molecule has 0 saturated carbocycles. The summed E-state index contributed by atoms with van der Waals surface area (Å²) in [5.41, 5.74) is 2.27. The molecule has 0 fully saturated rings. The topological polar surface area (TPSA) is 39.7 Å². The van der Waals surface area contributed by atoms with Crippen LogP contribution >= 0.6 is 15.9 Å². The molecule has 1 aliphatic rings. The fourth-order valence-electron chi connectivity index (χ4n) is 2.28. The lowest BCUT2D eigenvalue weighted by Gasteiger charge is -2.11. The minimum atomic E-state index is 0.292. The zero-order chi connectivity index (χ0) is 14.7. The van der Waals surface area contributed by atoms with Gasteiger partial charge in [-0.25, -0.2) is 0 Å². The van der Waals surface area contributed by atoms with Gasteiger partial charge >= 0.3 is 0 Å². The van der Waals surface area contributed by atoms with Crippen molar-refractivity contribution < 1.29 is 14.2 Å². The van der Waals surface area contributed by atoms with Gasteiger partial charge in [-0.05, 0) is 23.8 Å². The number of rotatable bonds is 5. The van der Waals surface area contributed by atoms with E-state index in [1.54, 1.807) is 7.11 Å². The van der Waals surface area contributed by atoms with Gasteiger partial charge in [0.25, 0.3) is 0 Å². The number of nitrogens with one attached hydrogen (secondary N) is 1. The highest BCUT2D eigenvalue weighted by Crippen LogP contribution is 2.36. The molecule has 21 heavy (non-hydrogen) atoms. The van der Waals surface area contributed by atoms with Crippen LogP contribution in [0.1, 0.15) is 11.1 Å². The van der Waals surface area contributed by atoms with Crippen LogP contribution in [0.15, 0.2) is 40.9 Å². The van der Waals surface area contributed by atoms with Gasteiger partial charge in [0.05, 0.1) is 7.11 Å². The second-order valence-electron chi connectivity index (χ2n) is 4.71. The summed E-state index contributed by atoms with van der Waals surface area (Å²) in [6, 6.07) is 11.9. The molecule has 0 aromatic heterocycles. The van der Waals surface area contributed by atoms with Crippen LogP contribution in [-0.4, -0.2) is 13.9 Å². The Kier molecular flexibility index (Phi) is 4.31. The minimum Gasteiger partial charge on any atom is -0.496 e. The number of halogens is 1. The summed E-state index contributed by atoms with van der Waals surface area (Å²) in [5, 5.41) is 3.42. The molecule has 0 saturated heterocycles. The number of benzene rings is 2. The smallest absolute Gasteiger partial charge is 0.231 e. The predicted octanol–water partition coefficient (Wildman–Crippen LogP) is 3.48. The highest BCUT2D eigenvalue weighted by atomic mass is 79.9. The van der Waals surface area contributed by atoms with Gasteiger partial charge in [-0.3, -0.25) is 0 Å². The highest BCUT2D eigenvalue weighted by molar-refractivity contribution is 9.10. The quantitative estimate of drug-likeness (QED) is 0.896. The molecule has 1 heterocycles. The monoisotopic (exact) mass is 349 g/mol. The molecule has 110 valence electrons. The highest BCUT2D eigenvalue weighted by Gasteiger charge is 2.16. The molecule has 0 unspecified atom stereocenters. The summed E-state index contributed by atoms with van der Waals surface area (Å²) < 4.78 is 17.1. The number of para-hydroxylation sites is 1. The number of ether oxygens (including phenoxy) is 3. The molecule has 0 radical (unpaired) electrons. The molecule has 0 bridgehead atoms. The van der Waals surface area contributed by atoms with Crippen LogP contribution < -0.4 is 19.5 Å². The van der Waals surface area contributed by atoms with Crippen LogP contribution in [-0.2, 0) is 13.1 Å². The van der Waals surface area contributed by atoms with Gasteiger partial charge in [0.1, 0.15) is 5.75 Å². The van der Waals surface area contributed by atoms with Crippen LogP contribution in [0, 0.1) is 0 Å². The Balaban J connectivity index is 1.66. The second kappa shape index (κ2) is 6.37. The van der Waals surface area contributed by atoms with Crippen molar-refractivity contribution in [2.75, 3.05) is 13.9 Å². The van der Waals surface area contributed by atoms with Crippen LogP contribution in [0.25, 0.3) is 0 Å². The standard InChI is InChI=1S/C16H16BrNO3/c1-19-14-5-3-2-4-11(14)8-18-9-12-6-15-16(7-13(12)17)21-10-20-15/h2-7,18H,8-10H2,1H3. The van der Waals surface area contributed by atoms with Gasteiger partial charge < -0.3 is 19.5 Å². The van der Waals surface area contributed by atoms with Gasteiger partial charge in [0, 0.05) is 23.1 Å². The lowest BCUT2D eigenvalue weighted by molar-refractivity contribution is 0.174. The van der Waals surface area contributed by atoms with Crippen LogP contribution in [0.3, 0.4) is 0 Å². The van der Waals surface area contributed by atoms with E-state index in [0.29, 0.717) is 6.79 Å². The first kappa shape index (κ1) is 14.2. The average molecular weight is 350 g/mol. The van der Waals surface area contributed by atoms with Crippen molar-refractivity contribution in [2.24, 2.45) is 0 Å². The van der Waals surface area contributed by atoms with Gasteiger partial charge in [-0.2, -0.15) is 0 Å². The minimum absolute atomic E-state index is 0.292. The van der Waals surface area contributed by atoms with E-state index in [1.807, 2.05) is 30.3 Å². The van der Waals surface area contributed by atoms with E-state index in [-0.39, 0.29) is 0 Å². The first-order valence-corrected chi connectivity index (χ1v) is 7.48. The summed E-state index contributed by atoms with van der Waals surface area (Å²) in [6.07, 6.45) is 0. The van der Waals surface area contributed by atoms with Gasteiger partial charge in [0.2, 0.25) is 6.79 Å². The molecule has 3 rings (SSSR count). The first-order valence-electron chi connectivity index (χ1n) is 6.68. The van der Waals surface area contributed by atoms with Gasteiger partial charge in [-0.15, -0.1) is 0 Å². The molecule has 0 amide bonds. The zero-order valence-corrected chi connectivity index (χ0v) is 13.3. The fourth-order valence-corrected chi connectivity index (χ4v) is 2.74. The average Bonchev–Trinajstić information content (AvgIpc) is 2.95. The lowest BCUT2D eigenvalue weighted by Crippen LogP contribution is -2.13. The normalized spacial score (nSPS) is 12.5. The van der Waals surface area contributed by atoms with Crippen molar-refractivity contribution >= 4 is 15.9 Å². The summed E-state index contributed by atoms with van der Waals surface area (Å²) in [4.78, 5) is 0. The Hall–Kier alpha value is -1.72. The van der Waals surface area contributed by atoms with E-state index >= 15 is 0 Å². The number of hydrogen-bond acceptors (Lipinski definition) is 4. The van der Waals surface area contributed by atoms with Gasteiger partial charge in [0.15, 0.2) is 11.5 Å². The maximum absolute atomic E-state index is 5.40. The molecular weight excluding hydrogens is 334 g/mol. The lowest BCUT2D eigenvalue weighted by atomic mass is 10.1. The second-order valence-corrected chi connectivity index (χ2v) is 5.57. The Labute approximate surface area is 132 Å². The third-order valence-corrected chi connectivity index (χ3v) is 4.10. The van der Waals surface area contributed by atoms with E-state index in [4.69, 9.17) is 14.2 Å². The van der Waals surface area contributed by atoms with Crippen molar-refractivity contribution in [3.63, 3.8) is 0 Å². The van der Waals surface area contributed by atoms with Crippen molar-refractivity contribution in [1.82, 2.24) is 5.32 Å². The Bertz CT molecular complexity index is 645. The molecule has 1 N–H and O–H groups in total. The van der Waals surface area contributed by atoms with Crippen molar-refractivity contribution in [1.29, 1.82) is 0 Å². The van der Waals surface area contributed by atoms with Crippen LogP contribution in [0.2, 0.25) is 0 Å². The molecule has 0 aliphatic carbocycles. The largest absolute Gasteiger partial charge is 0.496 e. The zero-order valence-electron chi connectivity index (χ0n) is 11.7. The SMILES string of the molecule is COc1ccccc1CNCc1cc2c(cc1Br)OCO2. The molecule has 5 heteroatoms. The Morgan fingerprint density at radius 3 is 2.62 bits per heavy atom. The summed E-state index contributed by atoms with van der Waals surface area (Å²) in [5.74, 6) is 2.48. The van der Waals surface area contributed by atoms with Crippen LogP contribution in [0.4, 0.5) is 0 Å². The van der Waals surface area contributed by atoms with Crippen LogP contribution in [0.5, 0.6) is 17.2 Å². The van der Waals surface area contributed by atoms with E-state index in [1.165, 1.54) is 0 Å². The Morgan fingerprint density at radius 1 is 1.10 bits per heavy atom. The van der Waals surface area contributed by atoms with E-state index in [9.17, 15) is 0 Å². The number of fused-ring (bicyclic) bond motifs is 1. The summed E-state index contributed by atoms with van der Waals surface area (Å²) >= 11 is 3.56.